The molecule has 4 unspecified atom stereocenters. The minimum absolute atomic E-state index is 0.493. The highest BCUT2D eigenvalue weighted by Gasteiger charge is 2.31. The highest BCUT2D eigenvalue weighted by molar-refractivity contribution is 4.81. The SMILES string of the molecule is CCCC(C)NCCOC1CC(C)CCC1C(C)C. The van der Waals surface area contributed by atoms with E-state index >= 15 is 0 Å². The summed E-state index contributed by atoms with van der Waals surface area (Å²) in [4.78, 5) is 0. The van der Waals surface area contributed by atoms with E-state index < -0.39 is 0 Å². The molecule has 0 radical (unpaired) electrons. The topological polar surface area (TPSA) is 21.3 Å². The Bertz CT molecular complexity index is 229. The van der Waals surface area contributed by atoms with Crippen LogP contribution < -0.4 is 5.32 Å². The second-order valence-corrected chi connectivity index (χ2v) is 6.88. The lowest BCUT2D eigenvalue weighted by Crippen LogP contribution is -2.37. The van der Waals surface area contributed by atoms with Gasteiger partial charge < -0.3 is 10.1 Å². The number of rotatable bonds is 8. The fraction of sp³-hybridized carbons (Fsp3) is 1.00. The molecule has 0 aromatic carbocycles. The molecule has 19 heavy (non-hydrogen) atoms. The Hall–Kier alpha value is -0.0800. The van der Waals surface area contributed by atoms with Gasteiger partial charge in [0.25, 0.3) is 0 Å². The van der Waals surface area contributed by atoms with Crippen molar-refractivity contribution in [1.82, 2.24) is 5.32 Å². The standard InChI is InChI=1S/C17H35NO/c1-6-7-15(5)18-10-11-19-17-12-14(4)8-9-16(17)13(2)3/h13-18H,6-12H2,1-5H3. The van der Waals surface area contributed by atoms with Crippen molar-refractivity contribution < 1.29 is 4.74 Å². The van der Waals surface area contributed by atoms with Gasteiger partial charge in [-0.15, -0.1) is 0 Å². The molecule has 1 fully saturated rings. The van der Waals surface area contributed by atoms with Crippen LogP contribution in [0.1, 0.15) is 66.7 Å². The van der Waals surface area contributed by atoms with E-state index in [1.807, 2.05) is 0 Å². The summed E-state index contributed by atoms with van der Waals surface area (Å²) in [6, 6.07) is 0.625. The number of ether oxygens (including phenoxy) is 1. The summed E-state index contributed by atoms with van der Waals surface area (Å²) in [5.74, 6) is 2.36. The lowest BCUT2D eigenvalue weighted by molar-refractivity contribution is -0.0371. The van der Waals surface area contributed by atoms with Crippen LogP contribution in [0.2, 0.25) is 0 Å². The van der Waals surface area contributed by atoms with Crippen LogP contribution in [0, 0.1) is 17.8 Å². The molecule has 1 aliphatic carbocycles. The van der Waals surface area contributed by atoms with Crippen molar-refractivity contribution in [3.63, 3.8) is 0 Å². The van der Waals surface area contributed by atoms with Crippen molar-refractivity contribution in [3.8, 4) is 0 Å². The van der Waals surface area contributed by atoms with Gasteiger partial charge in [0.2, 0.25) is 0 Å². The molecule has 2 nitrogen and oxygen atoms in total. The van der Waals surface area contributed by atoms with Crippen molar-refractivity contribution in [1.29, 1.82) is 0 Å². The fourth-order valence-electron chi connectivity index (χ4n) is 3.36. The van der Waals surface area contributed by atoms with Gasteiger partial charge in [0.1, 0.15) is 0 Å². The van der Waals surface area contributed by atoms with E-state index in [9.17, 15) is 0 Å². The number of nitrogens with one attached hydrogen (secondary N) is 1. The zero-order valence-electron chi connectivity index (χ0n) is 13.7. The first kappa shape index (κ1) is 17.0. The van der Waals surface area contributed by atoms with Gasteiger partial charge in [-0.3, -0.25) is 0 Å². The van der Waals surface area contributed by atoms with Crippen LogP contribution in [0.5, 0.6) is 0 Å². The summed E-state index contributed by atoms with van der Waals surface area (Å²) >= 11 is 0. The average molecular weight is 269 g/mol. The van der Waals surface area contributed by atoms with E-state index in [4.69, 9.17) is 4.74 Å². The first-order valence-corrected chi connectivity index (χ1v) is 8.39. The van der Waals surface area contributed by atoms with E-state index in [1.54, 1.807) is 0 Å². The molecule has 0 aliphatic heterocycles. The molecule has 4 atom stereocenters. The second-order valence-electron chi connectivity index (χ2n) is 6.88. The van der Waals surface area contributed by atoms with Crippen molar-refractivity contribution >= 4 is 0 Å². The van der Waals surface area contributed by atoms with E-state index in [-0.39, 0.29) is 0 Å². The van der Waals surface area contributed by atoms with Gasteiger partial charge in [0.05, 0.1) is 12.7 Å². The van der Waals surface area contributed by atoms with Crippen LogP contribution >= 0.6 is 0 Å². The maximum atomic E-state index is 6.19. The molecule has 0 aromatic heterocycles. The molecule has 0 spiro atoms. The van der Waals surface area contributed by atoms with Gasteiger partial charge in [-0.2, -0.15) is 0 Å². The summed E-state index contributed by atoms with van der Waals surface area (Å²) in [5.41, 5.74) is 0. The van der Waals surface area contributed by atoms with Gasteiger partial charge in [-0.1, -0.05) is 40.5 Å². The molecule has 0 heterocycles. The van der Waals surface area contributed by atoms with Crippen LogP contribution in [-0.2, 0) is 4.74 Å². The maximum absolute atomic E-state index is 6.19. The monoisotopic (exact) mass is 269 g/mol. The summed E-state index contributed by atoms with van der Waals surface area (Å²) in [5, 5.41) is 3.55. The Labute approximate surface area is 120 Å². The summed E-state index contributed by atoms with van der Waals surface area (Å²) in [6.07, 6.45) is 7.00. The van der Waals surface area contributed by atoms with E-state index in [0.29, 0.717) is 12.1 Å². The Balaban J connectivity index is 2.24. The van der Waals surface area contributed by atoms with Gasteiger partial charge >= 0.3 is 0 Å². The highest BCUT2D eigenvalue weighted by Crippen LogP contribution is 2.35. The summed E-state index contributed by atoms with van der Waals surface area (Å²) < 4.78 is 6.19. The third-order valence-corrected chi connectivity index (χ3v) is 4.61. The maximum Gasteiger partial charge on any atom is 0.0608 e. The normalized spacial score (nSPS) is 29.7. The molecule has 2 heteroatoms. The van der Waals surface area contributed by atoms with Gasteiger partial charge in [0, 0.05) is 12.6 Å². The van der Waals surface area contributed by atoms with Crippen molar-refractivity contribution in [2.45, 2.75) is 78.9 Å². The molecule has 114 valence electrons. The molecular weight excluding hydrogens is 234 g/mol. The minimum Gasteiger partial charge on any atom is -0.377 e. The predicted octanol–water partition coefficient (Wildman–Crippen LogP) is 4.24. The van der Waals surface area contributed by atoms with E-state index in [2.05, 4.69) is 39.9 Å². The summed E-state index contributed by atoms with van der Waals surface area (Å²) in [6.45, 7) is 13.4. The van der Waals surface area contributed by atoms with Crippen molar-refractivity contribution in [2.24, 2.45) is 17.8 Å². The van der Waals surface area contributed by atoms with E-state index in [0.717, 1.165) is 30.9 Å². The number of hydrogen-bond donors (Lipinski definition) is 1. The Morgan fingerprint density at radius 3 is 2.58 bits per heavy atom. The van der Waals surface area contributed by atoms with Gasteiger partial charge in [-0.05, 0) is 43.9 Å². The largest absolute Gasteiger partial charge is 0.377 e. The lowest BCUT2D eigenvalue weighted by atomic mass is 9.75. The molecule has 0 amide bonds. The van der Waals surface area contributed by atoms with Crippen LogP contribution in [0.3, 0.4) is 0 Å². The first-order valence-electron chi connectivity index (χ1n) is 8.39. The average Bonchev–Trinajstić information content (AvgIpc) is 2.34. The van der Waals surface area contributed by atoms with Crippen LogP contribution in [0.25, 0.3) is 0 Å². The highest BCUT2D eigenvalue weighted by atomic mass is 16.5. The molecule has 1 aliphatic rings. The predicted molar refractivity (Wildman–Crippen MR) is 83.5 cm³/mol. The van der Waals surface area contributed by atoms with Crippen molar-refractivity contribution in [2.75, 3.05) is 13.2 Å². The smallest absolute Gasteiger partial charge is 0.0608 e. The van der Waals surface area contributed by atoms with Crippen LogP contribution in [-0.4, -0.2) is 25.3 Å². The fourth-order valence-corrected chi connectivity index (χ4v) is 3.36. The lowest BCUT2D eigenvalue weighted by Gasteiger charge is -2.37. The van der Waals surface area contributed by atoms with Crippen LogP contribution in [0.4, 0.5) is 0 Å². The second kappa shape index (κ2) is 8.97. The molecule has 0 saturated heterocycles. The Kier molecular flexibility index (Phi) is 8.01. The minimum atomic E-state index is 0.493. The third kappa shape index (κ3) is 6.27. The zero-order chi connectivity index (χ0) is 14.3. The van der Waals surface area contributed by atoms with Crippen molar-refractivity contribution in [3.05, 3.63) is 0 Å². The molecule has 0 bridgehead atoms. The summed E-state index contributed by atoms with van der Waals surface area (Å²) in [7, 11) is 0. The molecule has 1 saturated carbocycles. The molecule has 1 rings (SSSR count). The van der Waals surface area contributed by atoms with E-state index in [1.165, 1.54) is 32.1 Å². The first-order chi connectivity index (χ1) is 9.04. The quantitative estimate of drug-likeness (QED) is 0.665. The number of hydrogen-bond acceptors (Lipinski definition) is 2. The Morgan fingerprint density at radius 2 is 1.95 bits per heavy atom. The van der Waals surface area contributed by atoms with Gasteiger partial charge in [-0.25, -0.2) is 0 Å². The molecule has 0 aromatic rings. The third-order valence-electron chi connectivity index (χ3n) is 4.61. The molecular formula is C17H35NO. The van der Waals surface area contributed by atoms with Gasteiger partial charge in [0.15, 0.2) is 0 Å². The zero-order valence-corrected chi connectivity index (χ0v) is 13.7. The molecule has 1 N–H and O–H groups in total. The Morgan fingerprint density at radius 1 is 1.21 bits per heavy atom. The van der Waals surface area contributed by atoms with Crippen LogP contribution in [0.15, 0.2) is 0 Å².